The molecule has 0 heterocycles. The molecule has 0 fully saturated rings. The van der Waals surface area contributed by atoms with Gasteiger partial charge in [0.15, 0.2) is 11.6 Å². The van der Waals surface area contributed by atoms with Crippen LogP contribution in [-0.2, 0) is 31.3 Å². The van der Waals surface area contributed by atoms with Crippen molar-refractivity contribution in [2.75, 3.05) is 52.5 Å². The van der Waals surface area contributed by atoms with Crippen molar-refractivity contribution in [2.24, 2.45) is 0 Å². The first-order valence-electron chi connectivity index (χ1n) is 13.6. The summed E-state index contributed by atoms with van der Waals surface area (Å²) in [6, 6.07) is 17.4. The van der Waals surface area contributed by atoms with Gasteiger partial charge in [0, 0.05) is 21.7 Å². The summed E-state index contributed by atoms with van der Waals surface area (Å²) in [7, 11) is 0. The van der Waals surface area contributed by atoms with Gasteiger partial charge in [-0.1, -0.05) is 99.9 Å². The Balaban J connectivity index is -0.000000476. The predicted octanol–water partition coefficient (Wildman–Crippen LogP) is 1.33. The van der Waals surface area contributed by atoms with Crippen LogP contribution in [0.3, 0.4) is 0 Å². The molecule has 228 valence electrons. The molecule has 0 radical (unpaired) electrons. The fourth-order valence-electron chi connectivity index (χ4n) is 3.08. The zero-order valence-corrected chi connectivity index (χ0v) is 27.0. The topological polar surface area (TPSA) is 133 Å². The van der Waals surface area contributed by atoms with Crippen molar-refractivity contribution in [1.82, 2.24) is 9.80 Å². The van der Waals surface area contributed by atoms with Crippen molar-refractivity contribution >= 4 is 23.1 Å². The first-order valence-corrected chi connectivity index (χ1v) is 13.6. The fourth-order valence-corrected chi connectivity index (χ4v) is 3.08. The van der Waals surface area contributed by atoms with Gasteiger partial charge >= 0.3 is 0 Å². The summed E-state index contributed by atoms with van der Waals surface area (Å²) in [5.41, 5.74) is 1.10. The number of rotatable bonds is 12. The van der Waals surface area contributed by atoms with Gasteiger partial charge in [-0.25, -0.2) is 0 Å². The Bertz CT molecular complexity index is 881. The standard InChI is InChI=1S/2C10H10O2.2C6H14NO.Ti/c2*1-8(11)7-10(12)9-5-3-2-4-6-9;2*1-3-7(4-2)5-6-8;/h2*2-7,12H,1H3;2*3-6H2,1-2H3;/q;;2*-1;/p-2/b2*10-7-;;;. The summed E-state index contributed by atoms with van der Waals surface area (Å²) >= 11 is 0. The number of carbonyl (C=O) groups excluding carboxylic acids is 2. The van der Waals surface area contributed by atoms with Crippen molar-refractivity contribution in [1.29, 1.82) is 0 Å². The van der Waals surface area contributed by atoms with Gasteiger partial charge in [0.25, 0.3) is 0 Å². The number of allylic oxidation sites excluding steroid dienone is 2. The fraction of sp³-hybridized carbons (Fsp3) is 0.438. The Morgan fingerprint density at radius 2 is 0.878 bits per heavy atom. The van der Waals surface area contributed by atoms with Crippen LogP contribution in [-0.4, -0.2) is 73.8 Å². The number of carbonyl (C=O) groups is 2. The number of nitrogens with zero attached hydrogens (tertiary/aromatic N) is 2. The average Bonchev–Trinajstić information content (AvgIpc) is 2.96. The van der Waals surface area contributed by atoms with Crippen LogP contribution in [0.1, 0.15) is 52.7 Å². The molecule has 0 unspecified atom stereocenters. The molecule has 2 aromatic rings. The molecule has 2 aromatic carbocycles. The van der Waals surface area contributed by atoms with Crippen LogP contribution in [0.15, 0.2) is 72.8 Å². The van der Waals surface area contributed by atoms with Gasteiger partial charge in [0.1, 0.15) is 0 Å². The molecule has 0 aliphatic carbocycles. The monoisotopic (exact) mass is 602 g/mol. The van der Waals surface area contributed by atoms with E-state index in [4.69, 9.17) is 0 Å². The number of benzene rings is 2. The molecule has 0 spiro atoms. The summed E-state index contributed by atoms with van der Waals surface area (Å²) in [4.78, 5) is 25.3. The first kappa shape index (κ1) is 42.9. The molecule has 41 heavy (non-hydrogen) atoms. The molecule has 8 nitrogen and oxygen atoms in total. The van der Waals surface area contributed by atoms with Crippen LogP contribution in [0.2, 0.25) is 0 Å². The molecule has 0 aliphatic rings. The van der Waals surface area contributed by atoms with Crippen molar-refractivity contribution in [2.45, 2.75) is 41.5 Å². The molecule has 0 amide bonds. The average molecular weight is 603 g/mol. The zero-order chi connectivity index (χ0) is 30.8. The summed E-state index contributed by atoms with van der Waals surface area (Å²) in [5, 5.41) is 42.4. The van der Waals surface area contributed by atoms with Gasteiger partial charge in [-0.2, -0.15) is 0 Å². The third-order valence-electron chi connectivity index (χ3n) is 5.39. The molecule has 0 N–H and O–H groups in total. The SMILES string of the molecule is CC(=O)/C=C(\[O-])c1ccccc1.CC(=O)/C=C(\[O-])c1ccccc1.CCN(CC)CC[O-].CCN(CC)CC[O-].[Ti]. The van der Waals surface area contributed by atoms with Gasteiger partial charge in [-0.15, -0.1) is 13.2 Å². The molecule has 0 bridgehead atoms. The Morgan fingerprint density at radius 1 is 0.610 bits per heavy atom. The summed E-state index contributed by atoms with van der Waals surface area (Å²) in [6.45, 7) is 16.5. The van der Waals surface area contributed by atoms with Crippen molar-refractivity contribution in [3.63, 3.8) is 0 Å². The van der Waals surface area contributed by atoms with E-state index < -0.39 is 0 Å². The minimum Gasteiger partial charge on any atom is -0.872 e. The van der Waals surface area contributed by atoms with E-state index in [0.717, 1.165) is 38.3 Å². The number of ketones is 2. The van der Waals surface area contributed by atoms with Crippen LogP contribution < -0.4 is 20.4 Å². The number of hydrogen-bond acceptors (Lipinski definition) is 8. The Morgan fingerprint density at radius 3 is 1.05 bits per heavy atom. The maximum Gasteiger partial charge on any atom is 0.152 e. The van der Waals surface area contributed by atoms with E-state index in [2.05, 4.69) is 37.5 Å². The number of likely N-dealkylation sites (N-methyl/N-ethyl adjacent to an activating group) is 2. The van der Waals surface area contributed by atoms with E-state index in [1.54, 1.807) is 48.5 Å². The van der Waals surface area contributed by atoms with Crippen LogP contribution >= 0.6 is 0 Å². The molecular formula is C32H46N2O6Ti-4. The second kappa shape index (κ2) is 28.9. The first-order chi connectivity index (χ1) is 19.1. The number of hydrogen-bond donors (Lipinski definition) is 0. The second-order valence-electron chi connectivity index (χ2n) is 8.43. The van der Waals surface area contributed by atoms with Gasteiger partial charge in [-0.3, -0.25) is 9.59 Å². The van der Waals surface area contributed by atoms with E-state index in [1.165, 1.54) is 13.8 Å². The maximum atomic E-state index is 11.2. The molecule has 0 saturated heterocycles. The molecule has 9 heteroatoms. The van der Waals surface area contributed by atoms with Gasteiger partial charge in [0.2, 0.25) is 0 Å². The molecule has 2 rings (SSSR count). The minimum absolute atomic E-state index is 0. The van der Waals surface area contributed by atoms with Gasteiger partial charge in [-0.05, 0) is 76.4 Å². The molecule has 0 aromatic heterocycles. The molecule has 0 atom stereocenters. The Labute approximate surface area is 261 Å². The molecule has 0 saturated carbocycles. The normalized spacial score (nSPS) is 10.7. The van der Waals surface area contributed by atoms with E-state index in [-0.39, 0.29) is 58.0 Å². The van der Waals surface area contributed by atoms with E-state index in [0.29, 0.717) is 24.2 Å². The largest absolute Gasteiger partial charge is 0.872 e. The predicted molar refractivity (Wildman–Crippen MR) is 156 cm³/mol. The van der Waals surface area contributed by atoms with E-state index in [1.807, 2.05) is 12.1 Å². The van der Waals surface area contributed by atoms with Crippen LogP contribution in [0.5, 0.6) is 0 Å². The van der Waals surface area contributed by atoms with Crippen LogP contribution in [0.4, 0.5) is 0 Å². The minimum atomic E-state index is -0.233. The summed E-state index contributed by atoms with van der Waals surface area (Å²) in [6.07, 6.45) is 2.19. The van der Waals surface area contributed by atoms with Crippen molar-refractivity contribution < 1.29 is 51.7 Å². The van der Waals surface area contributed by atoms with Crippen molar-refractivity contribution in [3.8, 4) is 0 Å². The summed E-state index contributed by atoms with van der Waals surface area (Å²) < 4.78 is 0. The summed E-state index contributed by atoms with van der Waals surface area (Å²) in [5.74, 6) is -0.904. The molecule has 0 aliphatic heterocycles. The smallest absolute Gasteiger partial charge is 0.152 e. The Kier molecular flexibility index (Phi) is 30.2. The zero-order valence-electron chi connectivity index (χ0n) is 25.4. The quantitative estimate of drug-likeness (QED) is 0.202. The maximum absolute atomic E-state index is 11.2. The van der Waals surface area contributed by atoms with E-state index in [9.17, 15) is 30.0 Å². The second-order valence-corrected chi connectivity index (χ2v) is 8.43. The van der Waals surface area contributed by atoms with Gasteiger partial charge in [0.05, 0.1) is 0 Å². The Hall–Kier alpha value is -2.59. The van der Waals surface area contributed by atoms with E-state index >= 15 is 0 Å². The van der Waals surface area contributed by atoms with Crippen LogP contribution in [0.25, 0.3) is 11.5 Å². The third kappa shape index (κ3) is 24.9. The molecular weight excluding hydrogens is 556 g/mol. The van der Waals surface area contributed by atoms with Crippen molar-refractivity contribution in [3.05, 3.63) is 83.9 Å². The third-order valence-corrected chi connectivity index (χ3v) is 5.39. The van der Waals surface area contributed by atoms with Gasteiger partial charge < -0.3 is 30.2 Å². The van der Waals surface area contributed by atoms with Crippen LogP contribution in [0, 0.1) is 0 Å².